The molecule has 31 heavy (non-hydrogen) atoms. The van der Waals surface area contributed by atoms with Gasteiger partial charge in [-0.15, -0.1) is 0 Å². The van der Waals surface area contributed by atoms with Gasteiger partial charge in [-0.3, -0.25) is 9.59 Å². The lowest BCUT2D eigenvalue weighted by molar-refractivity contribution is -0.122. The second kappa shape index (κ2) is 9.14. The SMILES string of the molecule is C[C@@H]1[C@@H](C)C(C)(C)[C@@H](C)C[C@H]1Nc1cnn(CC(=O)NCc2cn(C)cn2)c(=O)c1Br. The van der Waals surface area contributed by atoms with E-state index in [-0.39, 0.29) is 29.5 Å². The van der Waals surface area contributed by atoms with Gasteiger partial charge in [0.15, 0.2) is 0 Å². The van der Waals surface area contributed by atoms with Crippen LogP contribution in [0.4, 0.5) is 5.69 Å². The molecule has 170 valence electrons. The van der Waals surface area contributed by atoms with E-state index in [2.05, 4.69) is 71.3 Å². The van der Waals surface area contributed by atoms with Crippen LogP contribution in [0.2, 0.25) is 0 Å². The maximum atomic E-state index is 12.8. The molecular weight excluding hydrogens is 460 g/mol. The molecule has 2 heterocycles. The molecular formula is C22H33BrN6O2. The van der Waals surface area contributed by atoms with E-state index in [9.17, 15) is 9.59 Å². The van der Waals surface area contributed by atoms with Gasteiger partial charge in [-0.1, -0.05) is 34.6 Å². The van der Waals surface area contributed by atoms with E-state index < -0.39 is 0 Å². The van der Waals surface area contributed by atoms with Crippen molar-refractivity contribution in [1.82, 2.24) is 24.6 Å². The molecule has 2 aromatic rings. The van der Waals surface area contributed by atoms with Crippen molar-refractivity contribution in [3.63, 3.8) is 0 Å². The molecule has 4 atom stereocenters. The molecule has 0 bridgehead atoms. The summed E-state index contributed by atoms with van der Waals surface area (Å²) in [5, 5.41) is 10.5. The molecule has 0 aliphatic heterocycles. The molecule has 2 N–H and O–H groups in total. The number of nitrogens with zero attached hydrogens (tertiary/aromatic N) is 4. The fourth-order valence-corrected chi connectivity index (χ4v) is 4.80. The van der Waals surface area contributed by atoms with E-state index >= 15 is 0 Å². The van der Waals surface area contributed by atoms with E-state index in [0.717, 1.165) is 12.1 Å². The summed E-state index contributed by atoms with van der Waals surface area (Å²) in [6.07, 6.45) is 6.16. The molecule has 0 spiro atoms. The standard InChI is InChI=1S/C22H33BrN6O2/c1-13-7-17(14(2)15(3)22(13,4)5)27-18-9-26-29(21(31)20(18)23)11-19(30)24-8-16-10-28(6)12-25-16/h9-10,12-15,17,27H,7-8,11H2,1-6H3,(H,24,30)/t13-,14+,15+,17+/m0/s1. The molecule has 3 rings (SSSR count). The molecule has 9 heteroatoms. The fraction of sp³-hybridized carbons (Fsp3) is 0.636. The molecule has 0 aromatic carbocycles. The van der Waals surface area contributed by atoms with E-state index in [4.69, 9.17) is 0 Å². The predicted molar refractivity (Wildman–Crippen MR) is 125 cm³/mol. The lowest BCUT2D eigenvalue weighted by atomic mass is 9.58. The Morgan fingerprint density at radius 2 is 2.03 bits per heavy atom. The number of aryl methyl sites for hydroxylation is 1. The Labute approximate surface area is 192 Å². The summed E-state index contributed by atoms with van der Waals surface area (Å²) in [6.45, 7) is 11.7. The van der Waals surface area contributed by atoms with Gasteiger partial charge < -0.3 is 15.2 Å². The Morgan fingerprint density at radius 3 is 2.68 bits per heavy atom. The summed E-state index contributed by atoms with van der Waals surface area (Å²) in [5.41, 5.74) is 1.37. The first kappa shape index (κ1) is 23.5. The van der Waals surface area contributed by atoms with Gasteiger partial charge in [-0.2, -0.15) is 5.10 Å². The molecule has 0 unspecified atom stereocenters. The third-order valence-electron chi connectivity index (χ3n) is 7.32. The Kier molecular flexibility index (Phi) is 6.93. The summed E-state index contributed by atoms with van der Waals surface area (Å²) < 4.78 is 3.38. The number of amides is 1. The maximum Gasteiger partial charge on any atom is 0.283 e. The fourth-order valence-electron chi connectivity index (χ4n) is 4.38. The summed E-state index contributed by atoms with van der Waals surface area (Å²) in [4.78, 5) is 29.2. The van der Waals surface area contributed by atoms with Crippen LogP contribution in [0.25, 0.3) is 0 Å². The zero-order valence-corrected chi connectivity index (χ0v) is 20.7. The molecule has 0 saturated heterocycles. The lowest BCUT2D eigenvalue weighted by Gasteiger charge is -2.50. The van der Waals surface area contributed by atoms with Crippen molar-refractivity contribution in [1.29, 1.82) is 0 Å². The number of nitrogens with one attached hydrogen (secondary N) is 2. The summed E-state index contributed by atoms with van der Waals surface area (Å²) >= 11 is 3.42. The molecule has 0 radical (unpaired) electrons. The number of hydrogen-bond donors (Lipinski definition) is 2. The second-order valence-corrected chi connectivity index (χ2v) is 10.3. The third-order valence-corrected chi connectivity index (χ3v) is 8.09. The minimum absolute atomic E-state index is 0.146. The lowest BCUT2D eigenvalue weighted by Crippen LogP contribution is -2.48. The molecule has 1 fully saturated rings. The Hall–Kier alpha value is -2.16. The number of halogens is 1. The largest absolute Gasteiger partial charge is 0.380 e. The number of carbonyl (C=O) groups excluding carboxylic acids is 1. The van der Waals surface area contributed by atoms with Crippen LogP contribution in [0.15, 0.2) is 28.0 Å². The Morgan fingerprint density at radius 1 is 1.32 bits per heavy atom. The highest BCUT2D eigenvalue weighted by Gasteiger charge is 2.43. The van der Waals surface area contributed by atoms with E-state index in [0.29, 0.717) is 34.5 Å². The van der Waals surface area contributed by atoms with E-state index in [1.165, 1.54) is 4.68 Å². The number of carbonyl (C=O) groups is 1. The monoisotopic (exact) mass is 492 g/mol. The van der Waals surface area contributed by atoms with Crippen molar-refractivity contribution in [2.45, 2.75) is 60.2 Å². The molecule has 2 aromatic heterocycles. The smallest absolute Gasteiger partial charge is 0.283 e. The Balaban J connectivity index is 1.66. The van der Waals surface area contributed by atoms with Crippen molar-refractivity contribution in [3.8, 4) is 0 Å². The molecule has 8 nitrogen and oxygen atoms in total. The summed E-state index contributed by atoms with van der Waals surface area (Å²) in [5.74, 6) is 1.27. The van der Waals surface area contributed by atoms with Crippen molar-refractivity contribution < 1.29 is 4.79 Å². The minimum atomic E-state index is -0.331. The summed E-state index contributed by atoms with van der Waals surface area (Å²) in [7, 11) is 1.87. The van der Waals surface area contributed by atoms with Crippen LogP contribution in [-0.2, 0) is 24.9 Å². The molecule has 1 amide bonds. The summed E-state index contributed by atoms with van der Waals surface area (Å²) in [6, 6.07) is 0.257. The highest BCUT2D eigenvalue weighted by molar-refractivity contribution is 9.10. The highest BCUT2D eigenvalue weighted by Crippen LogP contribution is 2.48. The van der Waals surface area contributed by atoms with Gasteiger partial charge in [-0.25, -0.2) is 9.67 Å². The van der Waals surface area contributed by atoms with Gasteiger partial charge in [0.25, 0.3) is 5.56 Å². The first-order valence-electron chi connectivity index (χ1n) is 10.8. The zero-order valence-electron chi connectivity index (χ0n) is 19.1. The number of anilines is 1. The van der Waals surface area contributed by atoms with Crippen LogP contribution in [-0.4, -0.2) is 31.3 Å². The average Bonchev–Trinajstić information content (AvgIpc) is 3.14. The molecule has 1 aliphatic carbocycles. The normalized spacial score (nSPS) is 25.3. The quantitative estimate of drug-likeness (QED) is 0.645. The molecule has 1 saturated carbocycles. The molecule has 1 aliphatic rings. The van der Waals surface area contributed by atoms with Gasteiger partial charge >= 0.3 is 0 Å². The van der Waals surface area contributed by atoms with Crippen LogP contribution < -0.4 is 16.2 Å². The van der Waals surface area contributed by atoms with Gasteiger partial charge in [0.05, 0.1) is 30.5 Å². The zero-order chi connectivity index (χ0) is 22.9. The van der Waals surface area contributed by atoms with Crippen LogP contribution in [0.1, 0.15) is 46.7 Å². The van der Waals surface area contributed by atoms with Gasteiger partial charge in [-0.05, 0) is 45.5 Å². The minimum Gasteiger partial charge on any atom is -0.380 e. The number of imidazole rings is 1. The number of rotatable bonds is 6. The van der Waals surface area contributed by atoms with Gasteiger partial charge in [0.2, 0.25) is 5.91 Å². The average molecular weight is 493 g/mol. The number of aromatic nitrogens is 4. The van der Waals surface area contributed by atoms with Gasteiger partial charge in [0.1, 0.15) is 11.0 Å². The number of hydrogen-bond acceptors (Lipinski definition) is 5. The van der Waals surface area contributed by atoms with Crippen molar-refractivity contribution in [2.75, 3.05) is 5.32 Å². The van der Waals surface area contributed by atoms with Crippen LogP contribution >= 0.6 is 15.9 Å². The predicted octanol–water partition coefficient (Wildman–Crippen LogP) is 3.17. The van der Waals surface area contributed by atoms with Crippen LogP contribution in [0.5, 0.6) is 0 Å². The van der Waals surface area contributed by atoms with Crippen molar-refractivity contribution >= 4 is 27.5 Å². The van der Waals surface area contributed by atoms with Crippen LogP contribution in [0, 0.1) is 23.2 Å². The highest BCUT2D eigenvalue weighted by atomic mass is 79.9. The van der Waals surface area contributed by atoms with Crippen molar-refractivity contribution in [3.05, 3.63) is 39.2 Å². The first-order valence-corrected chi connectivity index (χ1v) is 11.6. The first-order chi connectivity index (χ1) is 14.5. The maximum absolute atomic E-state index is 12.8. The topological polar surface area (TPSA) is 93.8 Å². The van der Waals surface area contributed by atoms with E-state index in [1.54, 1.807) is 12.5 Å². The third kappa shape index (κ3) is 5.02. The Bertz CT molecular complexity index is 998. The van der Waals surface area contributed by atoms with E-state index in [1.807, 2.05) is 17.8 Å². The van der Waals surface area contributed by atoms with Gasteiger partial charge in [0, 0.05) is 19.3 Å². The van der Waals surface area contributed by atoms with Crippen molar-refractivity contribution in [2.24, 2.45) is 30.2 Å². The van der Waals surface area contributed by atoms with Crippen LogP contribution in [0.3, 0.4) is 0 Å². The second-order valence-electron chi connectivity index (χ2n) is 9.50.